The Hall–Kier alpha value is -3.89. The summed E-state index contributed by atoms with van der Waals surface area (Å²) in [6.07, 6.45) is 2.35. The quantitative estimate of drug-likeness (QED) is 0.294. The van der Waals surface area contributed by atoms with Crippen LogP contribution in [-0.2, 0) is 0 Å². The number of anilines is 3. The monoisotopic (exact) mass is 471 g/mol. The summed E-state index contributed by atoms with van der Waals surface area (Å²) in [6, 6.07) is 36.6. The Kier molecular flexibility index (Phi) is 5.32. The number of benzene rings is 4. The highest BCUT2D eigenvalue weighted by molar-refractivity contribution is 5.90. The fourth-order valence-electron chi connectivity index (χ4n) is 5.80. The predicted molar refractivity (Wildman–Crippen MR) is 146 cm³/mol. The van der Waals surface area contributed by atoms with E-state index in [2.05, 4.69) is 89.1 Å². The van der Waals surface area contributed by atoms with Crippen LogP contribution in [0.3, 0.4) is 0 Å². The lowest BCUT2D eigenvalue weighted by molar-refractivity contribution is 0.336. The van der Waals surface area contributed by atoms with Gasteiger partial charge in [0.05, 0.1) is 24.0 Å². The van der Waals surface area contributed by atoms with E-state index in [0.717, 1.165) is 36.0 Å². The van der Waals surface area contributed by atoms with Crippen molar-refractivity contribution in [1.82, 2.24) is 5.32 Å². The second kappa shape index (κ2) is 8.96. The number of aliphatic imine (C=N–C) groups is 1. The lowest BCUT2D eigenvalue weighted by Crippen LogP contribution is -2.41. The summed E-state index contributed by atoms with van der Waals surface area (Å²) in [4.78, 5) is 7.34. The molecule has 36 heavy (non-hydrogen) atoms. The van der Waals surface area contributed by atoms with E-state index in [4.69, 9.17) is 9.73 Å². The third kappa shape index (κ3) is 3.78. The summed E-state index contributed by atoms with van der Waals surface area (Å²) < 4.78 is 6.20. The molecule has 4 nitrogen and oxygen atoms in total. The molecule has 1 unspecified atom stereocenters. The molecule has 1 fully saturated rings. The van der Waals surface area contributed by atoms with Crippen molar-refractivity contribution in [1.29, 1.82) is 0 Å². The fourth-order valence-corrected chi connectivity index (χ4v) is 5.80. The van der Waals surface area contributed by atoms with Gasteiger partial charge in [-0.3, -0.25) is 4.99 Å². The van der Waals surface area contributed by atoms with E-state index in [1.807, 2.05) is 24.3 Å². The van der Waals surface area contributed by atoms with E-state index >= 15 is 0 Å². The first kappa shape index (κ1) is 21.4. The normalized spacial score (nSPS) is 22.5. The van der Waals surface area contributed by atoms with Crippen LogP contribution in [0.1, 0.15) is 35.9 Å². The van der Waals surface area contributed by atoms with E-state index < -0.39 is 0 Å². The third-order valence-electron chi connectivity index (χ3n) is 7.85. The van der Waals surface area contributed by atoms with Crippen molar-refractivity contribution in [2.45, 2.75) is 24.8 Å². The summed E-state index contributed by atoms with van der Waals surface area (Å²) >= 11 is 0. The van der Waals surface area contributed by atoms with Gasteiger partial charge in [0.1, 0.15) is 0 Å². The maximum absolute atomic E-state index is 6.20. The SMILES string of the molecule is c1ccc(C2CN=C(C3CC(c4cccc(N5c6ccccc6Oc6ccccc65)c4)C3)CN2)cc1. The lowest BCUT2D eigenvalue weighted by atomic mass is 9.69. The van der Waals surface area contributed by atoms with E-state index in [1.54, 1.807) is 0 Å². The van der Waals surface area contributed by atoms with Crippen LogP contribution in [0.2, 0.25) is 0 Å². The number of fused-ring (bicyclic) bond motifs is 2. The molecular weight excluding hydrogens is 442 g/mol. The third-order valence-corrected chi connectivity index (χ3v) is 7.85. The van der Waals surface area contributed by atoms with Crippen molar-refractivity contribution >= 4 is 22.8 Å². The van der Waals surface area contributed by atoms with Crippen LogP contribution in [0.5, 0.6) is 11.5 Å². The van der Waals surface area contributed by atoms with Gasteiger partial charge >= 0.3 is 0 Å². The van der Waals surface area contributed by atoms with Gasteiger partial charge in [-0.2, -0.15) is 0 Å². The molecule has 1 N–H and O–H groups in total. The number of para-hydroxylation sites is 4. The highest BCUT2D eigenvalue weighted by Gasteiger charge is 2.35. The standard InChI is InChI=1S/C32H29N3O/c1-2-9-22(10-3-1)27-20-34-28(21-33-27)25-17-24(18-25)23-11-8-12-26(19-23)35-29-13-4-6-15-31(29)36-32-16-7-5-14-30(32)35/h1-16,19,24-25,27,33H,17-18,20-21H2. The van der Waals surface area contributed by atoms with Crippen LogP contribution >= 0.6 is 0 Å². The van der Waals surface area contributed by atoms with Gasteiger partial charge < -0.3 is 15.0 Å². The van der Waals surface area contributed by atoms with Crippen molar-refractivity contribution in [3.63, 3.8) is 0 Å². The smallest absolute Gasteiger partial charge is 0.151 e. The van der Waals surface area contributed by atoms with Crippen molar-refractivity contribution in [3.05, 3.63) is 114 Å². The fraction of sp³-hybridized carbons (Fsp3) is 0.219. The molecule has 3 aliphatic rings. The van der Waals surface area contributed by atoms with Crippen molar-refractivity contribution < 1.29 is 4.74 Å². The van der Waals surface area contributed by atoms with Crippen LogP contribution in [0.15, 0.2) is 108 Å². The average molecular weight is 472 g/mol. The van der Waals surface area contributed by atoms with E-state index in [-0.39, 0.29) is 0 Å². The van der Waals surface area contributed by atoms with Gasteiger partial charge in [0, 0.05) is 17.9 Å². The Labute approximate surface area is 212 Å². The lowest BCUT2D eigenvalue weighted by Gasteiger charge is -2.39. The molecule has 1 atom stereocenters. The van der Waals surface area contributed by atoms with Crippen LogP contribution in [0.4, 0.5) is 17.1 Å². The Morgan fingerprint density at radius 2 is 1.36 bits per heavy atom. The van der Waals surface area contributed by atoms with Gasteiger partial charge in [-0.1, -0.05) is 66.7 Å². The zero-order chi connectivity index (χ0) is 23.9. The molecule has 0 saturated heterocycles. The molecule has 4 aromatic rings. The van der Waals surface area contributed by atoms with Crippen molar-refractivity contribution in [2.75, 3.05) is 18.0 Å². The molecule has 2 aliphatic heterocycles. The molecular formula is C32H29N3O. The van der Waals surface area contributed by atoms with Crippen LogP contribution in [0, 0.1) is 5.92 Å². The molecule has 0 aromatic heterocycles. The minimum atomic E-state index is 0.335. The molecule has 7 rings (SSSR count). The Morgan fingerprint density at radius 3 is 2.06 bits per heavy atom. The minimum Gasteiger partial charge on any atom is -0.453 e. The van der Waals surface area contributed by atoms with Gasteiger partial charge in [0.2, 0.25) is 0 Å². The van der Waals surface area contributed by atoms with E-state index in [0.29, 0.717) is 17.9 Å². The Balaban J connectivity index is 1.09. The molecule has 0 radical (unpaired) electrons. The number of hydrogen-bond donors (Lipinski definition) is 1. The van der Waals surface area contributed by atoms with Crippen molar-refractivity contribution in [2.24, 2.45) is 10.9 Å². The minimum absolute atomic E-state index is 0.335. The van der Waals surface area contributed by atoms with Gasteiger partial charge in [0.15, 0.2) is 11.5 Å². The molecule has 0 amide bonds. The second-order valence-corrected chi connectivity index (χ2v) is 10.0. The second-order valence-electron chi connectivity index (χ2n) is 10.0. The summed E-state index contributed by atoms with van der Waals surface area (Å²) in [6.45, 7) is 1.74. The first-order valence-corrected chi connectivity index (χ1v) is 12.9. The number of hydrogen-bond acceptors (Lipinski definition) is 4. The number of rotatable bonds is 4. The molecule has 4 heteroatoms. The van der Waals surface area contributed by atoms with Crippen LogP contribution in [0.25, 0.3) is 0 Å². The molecule has 2 heterocycles. The summed E-state index contributed by atoms with van der Waals surface area (Å²) in [5, 5.41) is 3.71. The first-order valence-electron chi connectivity index (χ1n) is 12.9. The maximum Gasteiger partial charge on any atom is 0.151 e. The summed E-state index contributed by atoms with van der Waals surface area (Å²) in [5.41, 5.74) is 7.43. The summed E-state index contributed by atoms with van der Waals surface area (Å²) in [7, 11) is 0. The number of nitrogens with one attached hydrogen (secondary N) is 1. The van der Waals surface area contributed by atoms with Gasteiger partial charge in [-0.15, -0.1) is 0 Å². The maximum atomic E-state index is 6.20. The Morgan fingerprint density at radius 1 is 0.694 bits per heavy atom. The predicted octanol–water partition coefficient (Wildman–Crippen LogP) is 7.54. The molecule has 0 spiro atoms. The van der Waals surface area contributed by atoms with Crippen LogP contribution in [-0.4, -0.2) is 18.8 Å². The van der Waals surface area contributed by atoms with Gasteiger partial charge in [0.25, 0.3) is 0 Å². The van der Waals surface area contributed by atoms with Crippen molar-refractivity contribution in [3.8, 4) is 11.5 Å². The van der Waals surface area contributed by atoms with Gasteiger partial charge in [-0.05, 0) is 72.2 Å². The molecule has 1 saturated carbocycles. The first-order chi connectivity index (χ1) is 17.8. The van der Waals surface area contributed by atoms with Gasteiger partial charge in [-0.25, -0.2) is 0 Å². The Bertz CT molecular complexity index is 1380. The highest BCUT2D eigenvalue weighted by atomic mass is 16.5. The summed E-state index contributed by atoms with van der Waals surface area (Å²) in [5.74, 6) is 2.95. The largest absolute Gasteiger partial charge is 0.453 e. The zero-order valence-electron chi connectivity index (χ0n) is 20.2. The number of nitrogens with zero attached hydrogens (tertiary/aromatic N) is 2. The topological polar surface area (TPSA) is 36.9 Å². The zero-order valence-corrected chi connectivity index (χ0v) is 20.2. The van der Waals surface area contributed by atoms with E-state index in [1.165, 1.54) is 35.4 Å². The molecule has 4 aromatic carbocycles. The van der Waals surface area contributed by atoms with Crippen LogP contribution < -0.4 is 15.0 Å². The number of ether oxygens (including phenoxy) is 1. The van der Waals surface area contributed by atoms with E-state index in [9.17, 15) is 0 Å². The molecule has 1 aliphatic carbocycles. The molecule has 178 valence electrons. The highest BCUT2D eigenvalue weighted by Crippen LogP contribution is 2.51. The average Bonchev–Trinajstić information content (AvgIpc) is 2.92. The molecule has 0 bridgehead atoms.